The zero-order valence-corrected chi connectivity index (χ0v) is 16.1. The van der Waals surface area contributed by atoms with Crippen LogP contribution in [0.2, 0.25) is 0 Å². The minimum absolute atomic E-state index is 1.13. The van der Waals surface area contributed by atoms with Crippen molar-refractivity contribution in [2.75, 3.05) is 0 Å². The van der Waals surface area contributed by atoms with Crippen molar-refractivity contribution in [3.05, 3.63) is 36.7 Å². The van der Waals surface area contributed by atoms with E-state index < -0.39 is 0 Å². The molecule has 1 nitrogen and oxygen atoms in total. The molecular formula is C23H39N. The van der Waals surface area contributed by atoms with Crippen LogP contribution < -0.4 is 0 Å². The highest BCUT2D eigenvalue weighted by molar-refractivity contribution is 5.62. The monoisotopic (exact) mass is 329 g/mol. The first-order valence-electron chi connectivity index (χ1n) is 10.4. The van der Waals surface area contributed by atoms with Gasteiger partial charge in [-0.2, -0.15) is 0 Å². The Balaban J connectivity index is 1.80. The maximum Gasteiger partial charge on any atom is 0.0273 e. The van der Waals surface area contributed by atoms with Gasteiger partial charge in [0.1, 0.15) is 0 Å². The molecule has 1 heteroatoms. The Morgan fingerprint density at radius 2 is 1.12 bits per heavy atom. The maximum absolute atomic E-state index is 4.20. The molecule has 0 atom stereocenters. The van der Waals surface area contributed by atoms with Crippen LogP contribution in [0.25, 0.3) is 5.57 Å². The Morgan fingerprint density at radius 3 is 1.58 bits per heavy atom. The molecule has 1 rings (SSSR count). The van der Waals surface area contributed by atoms with Gasteiger partial charge in [0, 0.05) is 12.4 Å². The fraction of sp³-hybridized carbons (Fsp3) is 0.696. The predicted molar refractivity (Wildman–Crippen MR) is 108 cm³/mol. The van der Waals surface area contributed by atoms with Crippen LogP contribution in [0.4, 0.5) is 0 Å². The van der Waals surface area contributed by atoms with Crippen molar-refractivity contribution < 1.29 is 0 Å². The number of aromatic nitrogens is 1. The standard InChI is InChI=1S/C23H39N/c1-3-4-5-6-7-8-9-10-11-12-13-14-15-16-17-22(2)23-18-20-24-21-19-23/h18-21H,2-17H2,1H3. The lowest BCUT2D eigenvalue weighted by molar-refractivity contribution is 0.536. The number of pyridine rings is 1. The second-order valence-corrected chi connectivity index (χ2v) is 7.19. The van der Waals surface area contributed by atoms with Crippen molar-refractivity contribution in [1.82, 2.24) is 4.98 Å². The minimum atomic E-state index is 1.13. The maximum atomic E-state index is 4.20. The first-order chi connectivity index (χ1) is 11.8. The molecule has 0 amide bonds. The zero-order valence-electron chi connectivity index (χ0n) is 16.1. The molecule has 1 heterocycles. The van der Waals surface area contributed by atoms with Gasteiger partial charge in [-0.1, -0.05) is 97.0 Å². The van der Waals surface area contributed by atoms with Crippen molar-refractivity contribution >= 4 is 5.57 Å². The Morgan fingerprint density at radius 1 is 0.708 bits per heavy atom. The van der Waals surface area contributed by atoms with Crippen molar-refractivity contribution in [3.63, 3.8) is 0 Å². The van der Waals surface area contributed by atoms with E-state index in [0.29, 0.717) is 0 Å². The molecule has 0 unspecified atom stereocenters. The zero-order chi connectivity index (χ0) is 17.3. The highest BCUT2D eigenvalue weighted by Gasteiger charge is 1.98. The fourth-order valence-corrected chi connectivity index (χ4v) is 3.26. The van der Waals surface area contributed by atoms with Crippen molar-refractivity contribution in [1.29, 1.82) is 0 Å². The number of hydrogen-bond donors (Lipinski definition) is 0. The van der Waals surface area contributed by atoms with Crippen LogP contribution in [0.15, 0.2) is 31.1 Å². The van der Waals surface area contributed by atoms with E-state index in [2.05, 4.69) is 30.6 Å². The summed E-state index contributed by atoms with van der Waals surface area (Å²) in [6, 6.07) is 4.12. The SMILES string of the molecule is C=C(CCCCCCCCCCCCCCCC)c1ccncc1. The number of nitrogens with zero attached hydrogens (tertiary/aromatic N) is 1. The first kappa shape index (κ1) is 20.9. The third-order valence-corrected chi connectivity index (χ3v) is 4.92. The summed E-state index contributed by atoms with van der Waals surface area (Å²) in [5.41, 5.74) is 2.51. The first-order valence-corrected chi connectivity index (χ1v) is 10.4. The molecule has 136 valence electrons. The van der Waals surface area contributed by atoms with Gasteiger partial charge in [-0.25, -0.2) is 0 Å². The highest BCUT2D eigenvalue weighted by atomic mass is 14.6. The number of hydrogen-bond acceptors (Lipinski definition) is 1. The Labute approximate surface area is 151 Å². The second-order valence-electron chi connectivity index (χ2n) is 7.19. The molecule has 1 aromatic rings. The average molecular weight is 330 g/mol. The van der Waals surface area contributed by atoms with Crippen LogP contribution >= 0.6 is 0 Å². The molecule has 24 heavy (non-hydrogen) atoms. The Bertz CT molecular complexity index is 396. The van der Waals surface area contributed by atoms with Gasteiger partial charge in [-0.05, 0) is 36.1 Å². The third kappa shape index (κ3) is 11.4. The lowest BCUT2D eigenvalue weighted by Gasteiger charge is -2.06. The summed E-state index contributed by atoms with van der Waals surface area (Å²) < 4.78 is 0. The fourth-order valence-electron chi connectivity index (χ4n) is 3.26. The van der Waals surface area contributed by atoms with E-state index in [1.165, 1.54) is 101 Å². The predicted octanol–water partition coefficient (Wildman–Crippen LogP) is 7.97. The molecule has 0 bridgehead atoms. The van der Waals surface area contributed by atoms with E-state index in [1.807, 2.05) is 12.4 Å². The second kappa shape index (κ2) is 15.4. The summed E-state index contributed by atoms with van der Waals surface area (Å²) in [6.45, 7) is 6.49. The van der Waals surface area contributed by atoms with Crippen LogP contribution in [0.1, 0.15) is 109 Å². The summed E-state index contributed by atoms with van der Waals surface area (Å²) in [5.74, 6) is 0. The molecule has 0 spiro atoms. The lowest BCUT2D eigenvalue weighted by atomic mass is 10.0. The van der Waals surface area contributed by atoms with Gasteiger partial charge < -0.3 is 0 Å². The molecule has 0 saturated heterocycles. The minimum Gasteiger partial charge on any atom is -0.265 e. The van der Waals surface area contributed by atoms with E-state index in [4.69, 9.17) is 0 Å². The topological polar surface area (TPSA) is 12.9 Å². The third-order valence-electron chi connectivity index (χ3n) is 4.92. The Hall–Kier alpha value is -1.11. The number of unbranched alkanes of at least 4 members (excludes halogenated alkanes) is 13. The molecule has 0 aliphatic rings. The van der Waals surface area contributed by atoms with Gasteiger partial charge in [-0.15, -0.1) is 0 Å². The average Bonchev–Trinajstić information content (AvgIpc) is 2.62. The molecule has 1 aromatic heterocycles. The molecule has 0 fully saturated rings. The van der Waals surface area contributed by atoms with Gasteiger partial charge >= 0.3 is 0 Å². The normalized spacial score (nSPS) is 10.9. The summed E-state index contributed by atoms with van der Waals surface area (Å²) in [4.78, 5) is 4.06. The summed E-state index contributed by atoms with van der Waals surface area (Å²) in [5, 5.41) is 0. The molecule has 0 aliphatic heterocycles. The van der Waals surface area contributed by atoms with E-state index in [-0.39, 0.29) is 0 Å². The van der Waals surface area contributed by atoms with Gasteiger partial charge in [-0.3, -0.25) is 4.98 Å². The van der Waals surface area contributed by atoms with Crippen molar-refractivity contribution in [2.24, 2.45) is 0 Å². The van der Waals surface area contributed by atoms with E-state index in [0.717, 1.165) is 6.42 Å². The Kier molecular flexibility index (Phi) is 13.4. The van der Waals surface area contributed by atoms with E-state index in [9.17, 15) is 0 Å². The van der Waals surface area contributed by atoms with Crippen LogP contribution in [-0.2, 0) is 0 Å². The molecule has 0 radical (unpaired) electrons. The van der Waals surface area contributed by atoms with Gasteiger partial charge in [0.15, 0.2) is 0 Å². The summed E-state index contributed by atoms with van der Waals surface area (Å²) in [7, 11) is 0. The van der Waals surface area contributed by atoms with Crippen molar-refractivity contribution in [3.8, 4) is 0 Å². The van der Waals surface area contributed by atoms with Gasteiger partial charge in [0.25, 0.3) is 0 Å². The number of rotatable bonds is 16. The van der Waals surface area contributed by atoms with Crippen LogP contribution in [0, 0.1) is 0 Å². The summed E-state index contributed by atoms with van der Waals surface area (Å²) in [6.07, 6.45) is 24.7. The van der Waals surface area contributed by atoms with E-state index >= 15 is 0 Å². The lowest BCUT2D eigenvalue weighted by Crippen LogP contribution is -1.86. The largest absolute Gasteiger partial charge is 0.265 e. The van der Waals surface area contributed by atoms with Crippen LogP contribution in [0.5, 0.6) is 0 Å². The number of allylic oxidation sites excluding steroid dienone is 1. The molecular weight excluding hydrogens is 290 g/mol. The molecule has 0 aliphatic carbocycles. The van der Waals surface area contributed by atoms with Crippen LogP contribution in [-0.4, -0.2) is 4.98 Å². The van der Waals surface area contributed by atoms with Crippen molar-refractivity contribution in [2.45, 2.75) is 103 Å². The van der Waals surface area contributed by atoms with E-state index in [1.54, 1.807) is 0 Å². The van der Waals surface area contributed by atoms with Gasteiger partial charge in [0.05, 0.1) is 0 Å². The van der Waals surface area contributed by atoms with Crippen LogP contribution in [0.3, 0.4) is 0 Å². The molecule has 0 N–H and O–H groups in total. The summed E-state index contributed by atoms with van der Waals surface area (Å²) >= 11 is 0. The smallest absolute Gasteiger partial charge is 0.0273 e. The van der Waals surface area contributed by atoms with Gasteiger partial charge in [0.2, 0.25) is 0 Å². The highest BCUT2D eigenvalue weighted by Crippen LogP contribution is 2.19. The quantitative estimate of drug-likeness (QED) is 0.280. The molecule has 0 aromatic carbocycles. The molecule has 0 saturated carbocycles.